The maximum atomic E-state index is 12.4. The van der Waals surface area contributed by atoms with Crippen LogP contribution in [0.3, 0.4) is 0 Å². The SMILES string of the molecule is Cc1c(NC(=O)c2cncc(OC3CCC3)c2)cnn1C1CC1. The summed E-state index contributed by atoms with van der Waals surface area (Å²) in [5, 5.41) is 7.28. The van der Waals surface area contributed by atoms with Gasteiger partial charge in [-0.1, -0.05) is 0 Å². The maximum Gasteiger partial charge on any atom is 0.257 e. The van der Waals surface area contributed by atoms with Crippen molar-refractivity contribution in [3.8, 4) is 5.75 Å². The average molecular weight is 312 g/mol. The Balaban J connectivity index is 1.46. The minimum atomic E-state index is -0.185. The lowest BCUT2D eigenvalue weighted by Crippen LogP contribution is -2.24. The van der Waals surface area contributed by atoms with Crippen LogP contribution >= 0.6 is 0 Å². The number of anilines is 1. The summed E-state index contributed by atoms with van der Waals surface area (Å²) in [5.41, 5.74) is 2.25. The number of rotatable bonds is 5. The number of amides is 1. The molecule has 6 nitrogen and oxygen atoms in total. The van der Waals surface area contributed by atoms with Crippen LogP contribution in [0, 0.1) is 6.92 Å². The van der Waals surface area contributed by atoms with E-state index >= 15 is 0 Å². The number of aromatic nitrogens is 3. The Morgan fingerprint density at radius 2 is 2.09 bits per heavy atom. The highest BCUT2D eigenvalue weighted by molar-refractivity contribution is 6.04. The fourth-order valence-corrected chi connectivity index (χ4v) is 2.72. The molecule has 2 aliphatic rings. The quantitative estimate of drug-likeness (QED) is 0.921. The second-order valence-corrected chi connectivity index (χ2v) is 6.35. The zero-order chi connectivity index (χ0) is 15.8. The van der Waals surface area contributed by atoms with Crippen molar-refractivity contribution < 1.29 is 9.53 Å². The van der Waals surface area contributed by atoms with Gasteiger partial charge in [-0.2, -0.15) is 5.10 Å². The molecule has 120 valence electrons. The van der Waals surface area contributed by atoms with Gasteiger partial charge >= 0.3 is 0 Å². The molecule has 0 atom stereocenters. The number of ether oxygens (including phenoxy) is 1. The summed E-state index contributed by atoms with van der Waals surface area (Å²) in [6.45, 7) is 1.98. The Morgan fingerprint density at radius 3 is 2.78 bits per heavy atom. The van der Waals surface area contributed by atoms with E-state index in [2.05, 4.69) is 15.4 Å². The summed E-state index contributed by atoms with van der Waals surface area (Å²) in [7, 11) is 0. The third-order valence-corrected chi connectivity index (χ3v) is 4.52. The van der Waals surface area contributed by atoms with Crippen LogP contribution in [-0.2, 0) is 0 Å². The van der Waals surface area contributed by atoms with Crippen molar-refractivity contribution in [2.24, 2.45) is 0 Å². The summed E-state index contributed by atoms with van der Waals surface area (Å²) in [5.74, 6) is 0.475. The smallest absolute Gasteiger partial charge is 0.257 e. The van der Waals surface area contributed by atoms with Gasteiger partial charge in [-0.15, -0.1) is 0 Å². The molecule has 0 unspecified atom stereocenters. The molecule has 2 fully saturated rings. The molecular formula is C17H20N4O2. The Labute approximate surface area is 134 Å². The van der Waals surface area contributed by atoms with Gasteiger partial charge in [-0.3, -0.25) is 14.5 Å². The summed E-state index contributed by atoms with van der Waals surface area (Å²) >= 11 is 0. The second kappa shape index (κ2) is 5.68. The third kappa shape index (κ3) is 2.93. The van der Waals surface area contributed by atoms with E-state index in [1.165, 1.54) is 19.3 Å². The molecule has 2 aromatic heterocycles. The first kappa shape index (κ1) is 14.2. The average Bonchev–Trinajstić information content (AvgIpc) is 3.29. The van der Waals surface area contributed by atoms with Crippen molar-refractivity contribution in [1.29, 1.82) is 0 Å². The van der Waals surface area contributed by atoms with Gasteiger partial charge in [0.1, 0.15) is 5.75 Å². The molecule has 0 saturated heterocycles. The van der Waals surface area contributed by atoms with E-state index in [-0.39, 0.29) is 12.0 Å². The van der Waals surface area contributed by atoms with Gasteiger partial charge in [0.15, 0.2) is 0 Å². The minimum Gasteiger partial charge on any atom is -0.489 e. The molecule has 4 rings (SSSR count). The van der Waals surface area contributed by atoms with Gasteiger partial charge < -0.3 is 10.1 Å². The van der Waals surface area contributed by atoms with Crippen molar-refractivity contribution in [2.75, 3.05) is 5.32 Å². The van der Waals surface area contributed by atoms with Crippen molar-refractivity contribution >= 4 is 11.6 Å². The van der Waals surface area contributed by atoms with Gasteiger partial charge in [0, 0.05) is 6.20 Å². The molecule has 1 amide bonds. The molecule has 0 aliphatic heterocycles. The summed E-state index contributed by atoms with van der Waals surface area (Å²) in [4.78, 5) is 16.6. The first-order valence-corrected chi connectivity index (χ1v) is 8.18. The zero-order valence-electron chi connectivity index (χ0n) is 13.2. The van der Waals surface area contributed by atoms with Gasteiger partial charge in [0.05, 0.1) is 41.5 Å². The summed E-state index contributed by atoms with van der Waals surface area (Å²) in [6.07, 6.45) is 10.9. The Kier molecular flexibility index (Phi) is 3.52. The van der Waals surface area contributed by atoms with E-state index in [1.807, 2.05) is 11.6 Å². The van der Waals surface area contributed by atoms with Crippen LogP contribution in [0.15, 0.2) is 24.7 Å². The molecule has 2 aliphatic carbocycles. The highest BCUT2D eigenvalue weighted by Crippen LogP contribution is 2.36. The van der Waals surface area contributed by atoms with E-state index < -0.39 is 0 Å². The zero-order valence-corrected chi connectivity index (χ0v) is 13.2. The van der Waals surface area contributed by atoms with Crippen molar-refractivity contribution in [3.05, 3.63) is 35.9 Å². The van der Waals surface area contributed by atoms with Crippen molar-refractivity contribution in [3.63, 3.8) is 0 Å². The van der Waals surface area contributed by atoms with E-state index in [0.29, 0.717) is 17.4 Å². The first-order valence-electron chi connectivity index (χ1n) is 8.18. The molecule has 6 heteroatoms. The number of hydrogen-bond acceptors (Lipinski definition) is 4. The predicted octanol–water partition coefficient (Wildman–Crippen LogP) is 3.11. The van der Waals surface area contributed by atoms with Crippen LogP contribution in [0.25, 0.3) is 0 Å². The Morgan fingerprint density at radius 1 is 1.26 bits per heavy atom. The molecule has 0 aromatic carbocycles. The molecule has 0 spiro atoms. The number of hydrogen-bond donors (Lipinski definition) is 1. The van der Waals surface area contributed by atoms with Gasteiger partial charge in [0.25, 0.3) is 5.91 Å². The lowest BCUT2D eigenvalue weighted by molar-refractivity contribution is 0.102. The van der Waals surface area contributed by atoms with E-state index in [9.17, 15) is 4.79 Å². The first-order chi connectivity index (χ1) is 11.2. The summed E-state index contributed by atoms with van der Waals surface area (Å²) < 4.78 is 7.79. The second-order valence-electron chi connectivity index (χ2n) is 6.35. The Hall–Kier alpha value is -2.37. The molecular weight excluding hydrogens is 292 g/mol. The van der Waals surface area contributed by atoms with E-state index in [4.69, 9.17) is 4.74 Å². The normalized spacial score (nSPS) is 17.6. The molecule has 0 bridgehead atoms. The number of nitrogens with zero attached hydrogens (tertiary/aromatic N) is 3. The van der Waals surface area contributed by atoms with Gasteiger partial charge in [-0.25, -0.2) is 0 Å². The molecule has 0 radical (unpaired) electrons. The fourth-order valence-electron chi connectivity index (χ4n) is 2.72. The van der Waals surface area contributed by atoms with Crippen LogP contribution in [0.5, 0.6) is 5.75 Å². The van der Waals surface area contributed by atoms with Gasteiger partial charge in [0.2, 0.25) is 0 Å². The molecule has 2 heterocycles. The number of carbonyl (C=O) groups excluding carboxylic acids is 1. The minimum absolute atomic E-state index is 0.185. The molecule has 2 saturated carbocycles. The molecule has 2 aromatic rings. The molecule has 1 N–H and O–H groups in total. The third-order valence-electron chi connectivity index (χ3n) is 4.52. The highest BCUT2D eigenvalue weighted by atomic mass is 16.5. The van der Waals surface area contributed by atoms with Crippen LogP contribution in [-0.4, -0.2) is 26.8 Å². The number of carbonyl (C=O) groups is 1. The van der Waals surface area contributed by atoms with E-state index in [1.54, 1.807) is 24.7 Å². The van der Waals surface area contributed by atoms with Crippen LogP contribution < -0.4 is 10.1 Å². The van der Waals surface area contributed by atoms with Crippen molar-refractivity contribution in [2.45, 2.75) is 51.2 Å². The number of pyridine rings is 1. The van der Waals surface area contributed by atoms with Crippen LogP contribution in [0.1, 0.15) is 54.2 Å². The predicted molar refractivity (Wildman–Crippen MR) is 85.7 cm³/mol. The van der Waals surface area contributed by atoms with Crippen molar-refractivity contribution in [1.82, 2.24) is 14.8 Å². The van der Waals surface area contributed by atoms with Crippen LogP contribution in [0.2, 0.25) is 0 Å². The highest BCUT2D eigenvalue weighted by Gasteiger charge is 2.27. The Bertz CT molecular complexity index is 732. The van der Waals surface area contributed by atoms with Gasteiger partial charge in [-0.05, 0) is 45.1 Å². The van der Waals surface area contributed by atoms with E-state index in [0.717, 1.165) is 24.2 Å². The lowest BCUT2D eigenvalue weighted by Gasteiger charge is -2.26. The maximum absolute atomic E-state index is 12.4. The molecule has 23 heavy (non-hydrogen) atoms. The largest absolute Gasteiger partial charge is 0.489 e. The lowest BCUT2D eigenvalue weighted by atomic mass is 9.96. The fraction of sp³-hybridized carbons (Fsp3) is 0.471. The monoisotopic (exact) mass is 312 g/mol. The summed E-state index contributed by atoms with van der Waals surface area (Å²) in [6, 6.07) is 2.25. The number of nitrogens with one attached hydrogen (secondary N) is 1. The van der Waals surface area contributed by atoms with Crippen LogP contribution in [0.4, 0.5) is 5.69 Å². The standard InChI is InChI=1S/C17H20N4O2/c1-11-16(10-19-21(11)13-5-6-13)20-17(22)12-7-15(9-18-8-12)23-14-3-2-4-14/h7-10,13-14H,2-6H2,1H3,(H,20,22). The topological polar surface area (TPSA) is 69.0 Å².